The third-order valence-electron chi connectivity index (χ3n) is 12.9. The van der Waals surface area contributed by atoms with Crippen LogP contribution in [-0.2, 0) is 25.7 Å². The third kappa shape index (κ3) is 10.9. The second-order valence-corrected chi connectivity index (χ2v) is 16.9. The van der Waals surface area contributed by atoms with Crippen LogP contribution in [0.3, 0.4) is 0 Å². The Labute approximate surface area is 381 Å². The predicted octanol–water partition coefficient (Wildman–Crippen LogP) is 8.74. The van der Waals surface area contributed by atoms with Crippen molar-refractivity contribution in [3.8, 4) is 23.0 Å². The molecule has 0 aromatic heterocycles. The number of hydrogen-bond donors (Lipinski definition) is 3. The maximum atomic E-state index is 14.3. The highest BCUT2D eigenvalue weighted by Crippen LogP contribution is 2.62. The van der Waals surface area contributed by atoms with Gasteiger partial charge >= 0.3 is 12.2 Å². The number of carbonyl (C=O) groups is 2. The van der Waals surface area contributed by atoms with Gasteiger partial charge in [-0.3, -0.25) is 5.32 Å². The van der Waals surface area contributed by atoms with E-state index in [-0.39, 0.29) is 56.4 Å². The van der Waals surface area contributed by atoms with E-state index in [1.54, 1.807) is 55.5 Å². The van der Waals surface area contributed by atoms with E-state index in [2.05, 4.69) is 18.0 Å². The first-order valence-corrected chi connectivity index (χ1v) is 22.7. The summed E-state index contributed by atoms with van der Waals surface area (Å²) in [5, 5.41) is 27.5. The number of unbranched alkanes of at least 4 members (excludes halogenated alkanes) is 2. The molecule has 65 heavy (non-hydrogen) atoms. The van der Waals surface area contributed by atoms with Gasteiger partial charge in [-0.2, -0.15) is 0 Å². The van der Waals surface area contributed by atoms with E-state index >= 15 is 0 Å². The molecule has 3 N–H and O–H groups in total. The minimum atomic E-state index is -1.49. The van der Waals surface area contributed by atoms with Crippen LogP contribution in [-0.4, -0.2) is 98.8 Å². The van der Waals surface area contributed by atoms with Crippen molar-refractivity contribution in [3.63, 3.8) is 0 Å². The molecule has 15 nitrogen and oxygen atoms in total. The van der Waals surface area contributed by atoms with Crippen molar-refractivity contribution in [1.29, 1.82) is 0 Å². The number of oxime groups is 1. The Balaban J connectivity index is 1.35. The van der Waals surface area contributed by atoms with Crippen LogP contribution in [0.2, 0.25) is 0 Å². The SMILES string of the molecule is C=CCOC12Oc3ccc(OC(=O)Nc4ccc(OC)cc4OC)cc3C3C(CCCCO)C(CCCCO)C=C(C(=NOC4CCCCO4)CC1N(C)C(=O)OCc1ccccc1)C32. The molecule has 1 saturated carbocycles. The topological polar surface area (TPSA) is 176 Å². The molecular formula is C50H63N3O12. The number of aliphatic hydroxyl groups excluding tert-OH is 2. The number of aliphatic hydroxyl groups is 2. The van der Waals surface area contributed by atoms with Crippen molar-refractivity contribution in [2.45, 2.75) is 94.9 Å². The lowest BCUT2D eigenvalue weighted by molar-refractivity contribution is -0.254. The number of amides is 2. The summed E-state index contributed by atoms with van der Waals surface area (Å²) in [4.78, 5) is 35.6. The monoisotopic (exact) mass is 897 g/mol. The van der Waals surface area contributed by atoms with Crippen LogP contribution >= 0.6 is 0 Å². The van der Waals surface area contributed by atoms with Gasteiger partial charge in [-0.15, -0.1) is 6.58 Å². The van der Waals surface area contributed by atoms with Crippen LogP contribution in [0.4, 0.5) is 15.3 Å². The second kappa shape index (κ2) is 22.5. The Bertz CT molecular complexity index is 2140. The van der Waals surface area contributed by atoms with E-state index in [0.717, 1.165) is 55.2 Å². The number of fused-ring (bicyclic) bond motifs is 2. The van der Waals surface area contributed by atoms with E-state index in [1.165, 1.54) is 7.11 Å². The number of ether oxygens (including phenoxy) is 7. The summed E-state index contributed by atoms with van der Waals surface area (Å²) < 4.78 is 42.9. The lowest BCUT2D eigenvalue weighted by atomic mass is 9.55. The molecule has 1 saturated heterocycles. The van der Waals surface area contributed by atoms with Crippen LogP contribution in [0, 0.1) is 17.8 Å². The smallest absolute Gasteiger partial charge is 0.417 e. The lowest BCUT2D eigenvalue weighted by Crippen LogP contribution is -2.69. The first kappa shape index (κ1) is 47.4. The number of methoxy groups -OCH3 is 2. The Hall–Kier alpha value is -5.61. The van der Waals surface area contributed by atoms with Crippen LogP contribution in [0.5, 0.6) is 23.0 Å². The largest absolute Gasteiger partial charge is 0.497 e. The minimum Gasteiger partial charge on any atom is -0.497 e. The summed E-state index contributed by atoms with van der Waals surface area (Å²) >= 11 is 0. The Kier molecular flexibility index (Phi) is 16.4. The fraction of sp³-hybridized carbons (Fsp3) is 0.500. The molecule has 350 valence electrons. The highest BCUT2D eigenvalue weighted by Gasteiger charge is 2.65. The minimum absolute atomic E-state index is 0.00351. The van der Waals surface area contributed by atoms with Crippen molar-refractivity contribution in [1.82, 2.24) is 4.90 Å². The summed E-state index contributed by atoms with van der Waals surface area (Å²) in [5.41, 5.74) is 3.52. The van der Waals surface area contributed by atoms with Crippen LogP contribution < -0.4 is 24.3 Å². The van der Waals surface area contributed by atoms with Gasteiger partial charge in [0.15, 0.2) is 0 Å². The molecule has 2 fully saturated rings. The molecule has 2 amide bonds. The number of likely N-dealkylation sites (N-methyl/N-ethyl adjacent to an activating group) is 1. The molecule has 15 heteroatoms. The molecule has 2 aliphatic heterocycles. The van der Waals surface area contributed by atoms with Gasteiger partial charge in [-0.05, 0) is 91.8 Å². The first-order valence-electron chi connectivity index (χ1n) is 22.7. The maximum Gasteiger partial charge on any atom is 0.417 e. The molecule has 2 aliphatic carbocycles. The van der Waals surface area contributed by atoms with E-state index in [1.807, 2.05) is 36.4 Å². The standard InChI is InChI=1S/C50H63N3O12/c1-5-26-62-50-44(53(2)49(57)61-32-33-15-7-6-8-16-33)31-41(52-65-45-19-11-14-27-60-45)38-28-34(17-9-12-24-54)37(18-10-13-25-55)46(47(38)50)39-29-36(21-23-42(39)64-50)63-48(56)51-40-22-20-35(58-3)30-43(40)59-4/h5-8,15-16,20-23,28-30,34,37,44-47,54-55H,1,9-14,17-19,24-27,31-32H2,2-4H3,(H,51,56). The molecule has 0 bridgehead atoms. The number of carbonyl (C=O) groups excluding carboxylic acids is 2. The van der Waals surface area contributed by atoms with Gasteiger partial charge < -0.3 is 53.1 Å². The molecular weight excluding hydrogens is 835 g/mol. The number of hydrogen-bond acceptors (Lipinski definition) is 13. The number of nitrogens with one attached hydrogen (secondary N) is 1. The van der Waals surface area contributed by atoms with E-state index in [0.29, 0.717) is 54.5 Å². The number of nitrogens with zero attached hydrogens (tertiary/aromatic N) is 2. The van der Waals surface area contributed by atoms with Crippen LogP contribution in [0.25, 0.3) is 0 Å². The first-order chi connectivity index (χ1) is 31.7. The van der Waals surface area contributed by atoms with Crippen molar-refractivity contribution < 1.29 is 57.8 Å². The van der Waals surface area contributed by atoms with E-state index < -0.39 is 36.2 Å². The fourth-order valence-corrected chi connectivity index (χ4v) is 9.80. The van der Waals surface area contributed by atoms with Gasteiger partial charge in [-0.1, -0.05) is 60.5 Å². The zero-order valence-corrected chi connectivity index (χ0v) is 37.7. The number of allylic oxidation sites excluding steroid dienone is 1. The second-order valence-electron chi connectivity index (χ2n) is 16.9. The number of anilines is 1. The molecule has 3 aromatic rings. The average Bonchev–Trinajstić information content (AvgIpc) is 3.33. The highest BCUT2D eigenvalue weighted by molar-refractivity contribution is 6.03. The summed E-state index contributed by atoms with van der Waals surface area (Å²) in [7, 11) is 4.74. The number of benzene rings is 3. The van der Waals surface area contributed by atoms with E-state index in [4.69, 9.17) is 43.2 Å². The molecule has 0 radical (unpaired) electrons. The summed E-state index contributed by atoms with van der Waals surface area (Å²) in [6, 6.07) is 19.0. The van der Waals surface area contributed by atoms with Crippen molar-refractivity contribution in [2.24, 2.45) is 22.9 Å². The van der Waals surface area contributed by atoms with Crippen molar-refractivity contribution in [3.05, 3.63) is 102 Å². The average molecular weight is 898 g/mol. The summed E-state index contributed by atoms with van der Waals surface area (Å²) in [5.74, 6) is -0.719. The highest BCUT2D eigenvalue weighted by atomic mass is 16.8. The van der Waals surface area contributed by atoms with Gasteiger partial charge in [0.05, 0.1) is 44.8 Å². The molecule has 7 atom stereocenters. The third-order valence-corrected chi connectivity index (χ3v) is 12.9. The van der Waals surface area contributed by atoms with Crippen LogP contribution in [0.15, 0.2) is 96.2 Å². The van der Waals surface area contributed by atoms with Crippen LogP contribution in [0.1, 0.15) is 81.3 Å². The van der Waals surface area contributed by atoms with E-state index in [9.17, 15) is 19.8 Å². The quantitative estimate of drug-likeness (QED) is 0.0560. The van der Waals surface area contributed by atoms with Gasteiger partial charge in [0.2, 0.25) is 12.1 Å². The van der Waals surface area contributed by atoms with Gasteiger partial charge in [0.1, 0.15) is 35.6 Å². The zero-order valence-electron chi connectivity index (χ0n) is 37.7. The zero-order chi connectivity index (χ0) is 45.8. The van der Waals surface area contributed by atoms with Gasteiger partial charge in [0.25, 0.3) is 0 Å². The molecule has 0 spiro atoms. The predicted molar refractivity (Wildman–Crippen MR) is 243 cm³/mol. The summed E-state index contributed by atoms with van der Waals surface area (Å²) in [6.07, 6.45) is 9.13. The molecule has 4 aliphatic rings. The lowest BCUT2D eigenvalue weighted by Gasteiger charge is -2.59. The van der Waals surface area contributed by atoms with Crippen molar-refractivity contribution >= 4 is 23.6 Å². The number of rotatable bonds is 20. The van der Waals surface area contributed by atoms with Crippen molar-refractivity contribution in [2.75, 3.05) is 53.0 Å². The maximum absolute atomic E-state index is 14.3. The normalized spacial score (nSPS) is 24.9. The molecule has 7 rings (SSSR count). The summed E-state index contributed by atoms with van der Waals surface area (Å²) in [6.45, 7) is 4.84. The van der Waals surface area contributed by atoms with Gasteiger partial charge in [-0.25, -0.2) is 9.59 Å². The fourth-order valence-electron chi connectivity index (χ4n) is 9.80. The molecule has 7 unspecified atom stereocenters. The van der Waals surface area contributed by atoms with Gasteiger partial charge in [0, 0.05) is 50.7 Å². The molecule has 3 aromatic carbocycles. The molecule has 2 heterocycles. The Morgan fingerprint density at radius 2 is 1.75 bits per heavy atom. The Morgan fingerprint density at radius 1 is 0.969 bits per heavy atom. The Morgan fingerprint density at radius 3 is 2.48 bits per heavy atom.